The molecule has 0 spiro atoms. The standard InChI is InChI=1S/C27H35N9O4/c28-26(29)31-14-4-7-21(23(37)32-19-8-10-20(34-40)11-9-19)33-24(38)22-12-15-35-16-13-27(30,25(39)36(22)35)17-18-5-2-1-3-6-18/h1-3,5-6,8-11,21-22H,4,7,12-17,30H2,(H,32,37)(H,33,38)(H4,28,29,31)/t21?,22-,27+/m0/s1. The van der Waals surface area contributed by atoms with E-state index in [0.29, 0.717) is 51.0 Å². The molecule has 40 heavy (non-hydrogen) atoms. The van der Waals surface area contributed by atoms with Gasteiger partial charge in [-0.15, -0.1) is 4.91 Å². The van der Waals surface area contributed by atoms with Gasteiger partial charge in [-0.05, 0) is 67.1 Å². The van der Waals surface area contributed by atoms with Crippen molar-refractivity contribution in [1.29, 1.82) is 5.41 Å². The summed E-state index contributed by atoms with van der Waals surface area (Å²) in [6.45, 7) is 1.42. The van der Waals surface area contributed by atoms with E-state index in [1.165, 1.54) is 17.1 Å². The Balaban J connectivity index is 1.46. The van der Waals surface area contributed by atoms with Gasteiger partial charge in [0.15, 0.2) is 5.96 Å². The van der Waals surface area contributed by atoms with Gasteiger partial charge in [0.1, 0.15) is 23.3 Å². The zero-order valence-corrected chi connectivity index (χ0v) is 22.1. The first-order chi connectivity index (χ1) is 19.2. The van der Waals surface area contributed by atoms with Crippen LogP contribution in [0.25, 0.3) is 0 Å². The fourth-order valence-electron chi connectivity index (χ4n) is 5.12. The van der Waals surface area contributed by atoms with Crippen LogP contribution in [0.4, 0.5) is 11.4 Å². The number of hydrogen-bond donors (Lipinski definition) is 6. The van der Waals surface area contributed by atoms with Gasteiger partial charge in [-0.3, -0.25) is 24.8 Å². The molecule has 8 N–H and O–H groups in total. The van der Waals surface area contributed by atoms with E-state index in [1.807, 2.05) is 35.3 Å². The summed E-state index contributed by atoms with van der Waals surface area (Å²) >= 11 is 0. The summed E-state index contributed by atoms with van der Waals surface area (Å²) in [5, 5.41) is 21.8. The van der Waals surface area contributed by atoms with Crippen molar-refractivity contribution in [1.82, 2.24) is 20.7 Å². The molecule has 3 amide bonds. The summed E-state index contributed by atoms with van der Waals surface area (Å²) in [6, 6.07) is 13.8. The number of hydrazine groups is 1. The molecule has 0 saturated carbocycles. The predicted octanol–water partition coefficient (Wildman–Crippen LogP) is 0.933. The number of carbonyl (C=O) groups excluding carboxylic acids is 3. The number of nitroso groups, excluding NO2 is 1. The third-order valence-corrected chi connectivity index (χ3v) is 7.23. The molecule has 2 saturated heterocycles. The molecule has 4 rings (SSSR count). The van der Waals surface area contributed by atoms with E-state index in [0.717, 1.165) is 5.56 Å². The van der Waals surface area contributed by atoms with Gasteiger partial charge in [-0.1, -0.05) is 30.3 Å². The van der Waals surface area contributed by atoms with Crippen molar-refractivity contribution in [2.24, 2.45) is 16.6 Å². The monoisotopic (exact) mass is 549 g/mol. The number of nitrogens with zero attached hydrogens (tertiary/aromatic N) is 3. The lowest BCUT2D eigenvalue weighted by Gasteiger charge is -2.44. The number of fused-ring (bicyclic) bond motifs is 1. The highest BCUT2D eigenvalue weighted by Gasteiger charge is 2.51. The van der Waals surface area contributed by atoms with Gasteiger partial charge in [0.2, 0.25) is 11.8 Å². The van der Waals surface area contributed by atoms with E-state index in [-0.39, 0.29) is 24.0 Å². The molecule has 0 aromatic heterocycles. The Morgan fingerprint density at radius 3 is 2.52 bits per heavy atom. The molecule has 13 heteroatoms. The van der Waals surface area contributed by atoms with Crippen LogP contribution in [0.3, 0.4) is 0 Å². The number of amides is 3. The minimum Gasteiger partial charge on any atom is -0.370 e. The topological polar surface area (TPSA) is 199 Å². The van der Waals surface area contributed by atoms with Gasteiger partial charge in [0.05, 0.1) is 0 Å². The molecule has 2 fully saturated rings. The Kier molecular flexibility index (Phi) is 9.07. The van der Waals surface area contributed by atoms with Crippen LogP contribution in [0.2, 0.25) is 0 Å². The van der Waals surface area contributed by atoms with Crippen molar-refractivity contribution >= 4 is 35.1 Å². The molecule has 212 valence electrons. The number of nitrogens with two attached hydrogens (primary N) is 2. The molecule has 1 unspecified atom stereocenters. The van der Waals surface area contributed by atoms with Gasteiger partial charge >= 0.3 is 0 Å². The quantitative estimate of drug-likeness (QED) is 0.103. The summed E-state index contributed by atoms with van der Waals surface area (Å²) in [7, 11) is 0. The lowest BCUT2D eigenvalue weighted by atomic mass is 9.86. The van der Waals surface area contributed by atoms with Crippen LogP contribution in [0.1, 0.15) is 31.2 Å². The molecular formula is C27H35N9O4. The van der Waals surface area contributed by atoms with E-state index in [1.54, 1.807) is 12.1 Å². The first-order valence-electron chi connectivity index (χ1n) is 13.2. The smallest absolute Gasteiger partial charge is 0.258 e. The second kappa shape index (κ2) is 12.7. The van der Waals surface area contributed by atoms with E-state index < -0.39 is 29.4 Å². The maximum atomic E-state index is 13.7. The SMILES string of the molecule is N=C(N)NCCCC(NC(=O)[C@@H]1CCN2CC[C@@](N)(Cc3ccccc3)C(=O)N12)C(=O)Nc1ccc(N=O)cc1. The van der Waals surface area contributed by atoms with Crippen molar-refractivity contribution in [3.05, 3.63) is 65.1 Å². The maximum Gasteiger partial charge on any atom is 0.258 e. The summed E-state index contributed by atoms with van der Waals surface area (Å²) in [6.07, 6.45) is 1.94. The Bertz CT molecular complexity index is 1240. The second-order valence-electron chi connectivity index (χ2n) is 10.1. The minimum atomic E-state index is -1.14. The molecule has 2 aliphatic rings. The van der Waals surface area contributed by atoms with Crippen LogP contribution in [-0.2, 0) is 20.8 Å². The lowest BCUT2D eigenvalue weighted by Crippen LogP contribution is -2.67. The Morgan fingerprint density at radius 1 is 1.12 bits per heavy atom. The molecule has 2 aromatic carbocycles. The number of anilines is 1. The predicted molar refractivity (Wildman–Crippen MR) is 150 cm³/mol. The Hall–Kier alpha value is -4.36. The normalized spacial score (nSPS) is 21.3. The molecule has 2 aromatic rings. The molecule has 0 bridgehead atoms. The number of hydrogen-bond acceptors (Lipinski definition) is 8. The van der Waals surface area contributed by atoms with Crippen LogP contribution in [0.15, 0.2) is 59.8 Å². The van der Waals surface area contributed by atoms with Crippen molar-refractivity contribution in [2.75, 3.05) is 25.0 Å². The van der Waals surface area contributed by atoms with Crippen LogP contribution < -0.4 is 27.4 Å². The van der Waals surface area contributed by atoms with Gasteiger partial charge in [-0.25, -0.2) is 5.01 Å². The minimum absolute atomic E-state index is 0.190. The highest BCUT2D eigenvalue weighted by Crippen LogP contribution is 2.31. The molecular weight excluding hydrogens is 514 g/mol. The second-order valence-corrected chi connectivity index (χ2v) is 10.1. The van der Waals surface area contributed by atoms with Crippen LogP contribution >= 0.6 is 0 Å². The van der Waals surface area contributed by atoms with Gasteiger partial charge in [0.25, 0.3) is 5.91 Å². The average Bonchev–Trinajstić information content (AvgIpc) is 3.38. The summed E-state index contributed by atoms with van der Waals surface area (Å²) in [4.78, 5) is 51.1. The fraction of sp³-hybridized carbons (Fsp3) is 0.407. The van der Waals surface area contributed by atoms with Crippen LogP contribution in [0.5, 0.6) is 0 Å². The molecule has 3 atom stereocenters. The number of nitrogens with one attached hydrogen (secondary N) is 4. The first kappa shape index (κ1) is 28.6. The maximum absolute atomic E-state index is 13.7. The molecule has 13 nitrogen and oxygen atoms in total. The molecule has 0 radical (unpaired) electrons. The van der Waals surface area contributed by atoms with Crippen LogP contribution in [0, 0.1) is 10.3 Å². The van der Waals surface area contributed by atoms with E-state index in [9.17, 15) is 19.3 Å². The largest absolute Gasteiger partial charge is 0.370 e. The lowest BCUT2D eigenvalue weighted by molar-refractivity contribution is -0.165. The Labute approximate surface area is 232 Å². The highest BCUT2D eigenvalue weighted by molar-refractivity contribution is 5.99. The number of carbonyl (C=O) groups is 3. The molecule has 0 aliphatic carbocycles. The summed E-state index contributed by atoms with van der Waals surface area (Å²) in [5.41, 5.74) is 12.4. The number of rotatable bonds is 11. The van der Waals surface area contributed by atoms with Crippen LogP contribution in [-0.4, -0.2) is 71.0 Å². The number of guanidine groups is 1. The third kappa shape index (κ3) is 6.79. The third-order valence-electron chi connectivity index (χ3n) is 7.23. The highest BCUT2D eigenvalue weighted by atomic mass is 16.3. The van der Waals surface area contributed by atoms with E-state index in [4.69, 9.17) is 16.9 Å². The zero-order chi connectivity index (χ0) is 28.7. The van der Waals surface area contributed by atoms with E-state index >= 15 is 0 Å². The van der Waals surface area contributed by atoms with Crippen molar-refractivity contribution in [3.63, 3.8) is 0 Å². The summed E-state index contributed by atoms with van der Waals surface area (Å²) in [5.74, 6) is -1.40. The average molecular weight is 550 g/mol. The van der Waals surface area contributed by atoms with Crippen molar-refractivity contribution < 1.29 is 14.4 Å². The molecule has 2 heterocycles. The van der Waals surface area contributed by atoms with Gasteiger partial charge in [-0.2, -0.15) is 0 Å². The van der Waals surface area contributed by atoms with Gasteiger partial charge in [0, 0.05) is 25.3 Å². The summed E-state index contributed by atoms with van der Waals surface area (Å²) < 4.78 is 0. The molecule has 2 aliphatic heterocycles. The van der Waals surface area contributed by atoms with Crippen molar-refractivity contribution in [3.8, 4) is 0 Å². The zero-order valence-electron chi connectivity index (χ0n) is 22.1. The fourth-order valence-corrected chi connectivity index (χ4v) is 5.12. The number of benzene rings is 2. The first-order valence-corrected chi connectivity index (χ1v) is 13.2. The van der Waals surface area contributed by atoms with E-state index in [2.05, 4.69) is 21.1 Å². The van der Waals surface area contributed by atoms with Crippen molar-refractivity contribution in [2.45, 2.75) is 49.7 Å². The van der Waals surface area contributed by atoms with Gasteiger partial charge < -0.3 is 27.4 Å². The Morgan fingerprint density at radius 2 is 1.85 bits per heavy atom.